The number of hydrogen-bond donors (Lipinski definition) is 2. The number of aryl methyl sites for hydroxylation is 1. The van der Waals surface area contributed by atoms with Crippen LogP contribution in [0, 0.1) is 0 Å². The molecular formula is C25H30N4O4. The van der Waals surface area contributed by atoms with Crippen LogP contribution in [0.3, 0.4) is 0 Å². The average Bonchev–Trinajstić information content (AvgIpc) is 2.82. The number of unbranched alkanes of at least 4 members (excludes halogenated alkanes) is 1. The molecule has 33 heavy (non-hydrogen) atoms. The first-order chi connectivity index (χ1) is 16.0. The van der Waals surface area contributed by atoms with E-state index in [1.54, 1.807) is 27.2 Å². The molecule has 1 heterocycles. The zero-order valence-corrected chi connectivity index (χ0v) is 19.3. The number of rotatable bonds is 11. The molecule has 2 aromatic carbocycles. The molecule has 8 nitrogen and oxygen atoms in total. The van der Waals surface area contributed by atoms with Crippen molar-refractivity contribution in [2.24, 2.45) is 0 Å². The molecule has 1 amide bonds. The largest absolute Gasteiger partial charge is 0.493 e. The van der Waals surface area contributed by atoms with Gasteiger partial charge >= 0.3 is 0 Å². The number of carbonyl (C=O) groups is 1. The highest BCUT2D eigenvalue weighted by Crippen LogP contribution is 2.28. The minimum atomic E-state index is -0.530. The van der Waals surface area contributed by atoms with E-state index >= 15 is 0 Å². The van der Waals surface area contributed by atoms with Crippen molar-refractivity contribution in [3.8, 4) is 11.5 Å². The molecular weight excluding hydrogens is 420 g/mol. The number of amides is 1. The lowest BCUT2D eigenvalue weighted by molar-refractivity contribution is -0.121. The van der Waals surface area contributed by atoms with Gasteiger partial charge in [-0.2, -0.15) is 0 Å². The summed E-state index contributed by atoms with van der Waals surface area (Å²) in [5.74, 6) is 1.55. The van der Waals surface area contributed by atoms with Gasteiger partial charge in [-0.05, 0) is 49.4 Å². The van der Waals surface area contributed by atoms with Gasteiger partial charge in [0.1, 0.15) is 11.5 Å². The van der Waals surface area contributed by atoms with E-state index in [0.29, 0.717) is 30.2 Å². The zero-order valence-electron chi connectivity index (χ0n) is 19.3. The van der Waals surface area contributed by atoms with E-state index < -0.39 is 6.04 Å². The molecule has 8 heteroatoms. The second-order valence-electron chi connectivity index (χ2n) is 7.83. The summed E-state index contributed by atoms with van der Waals surface area (Å²) in [5.41, 5.74) is 1.98. The van der Waals surface area contributed by atoms with E-state index in [-0.39, 0.29) is 17.2 Å². The number of methoxy groups -OCH3 is 2. The van der Waals surface area contributed by atoms with Crippen molar-refractivity contribution < 1.29 is 14.3 Å². The van der Waals surface area contributed by atoms with Gasteiger partial charge in [0.05, 0.1) is 20.3 Å². The summed E-state index contributed by atoms with van der Waals surface area (Å²) in [6, 6.07) is 15.2. The third kappa shape index (κ3) is 6.90. The zero-order chi connectivity index (χ0) is 23.6. The molecule has 0 saturated carbocycles. The first-order valence-corrected chi connectivity index (χ1v) is 11.0. The highest BCUT2D eigenvalue weighted by Gasteiger charge is 2.16. The van der Waals surface area contributed by atoms with Gasteiger partial charge in [0, 0.05) is 12.8 Å². The smallest absolute Gasteiger partial charge is 0.275 e. The summed E-state index contributed by atoms with van der Waals surface area (Å²) in [6.45, 7) is 1.73. The fourth-order valence-electron chi connectivity index (χ4n) is 3.57. The Balaban J connectivity index is 1.52. The van der Waals surface area contributed by atoms with Crippen molar-refractivity contribution in [3.63, 3.8) is 0 Å². The quantitative estimate of drug-likeness (QED) is 0.434. The van der Waals surface area contributed by atoms with E-state index in [0.717, 1.165) is 24.8 Å². The maximum Gasteiger partial charge on any atom is 0.275 e. The standard InChI is InChI=1S/C25H30N4O4/c1-17(26-23(30)12-8-7-11-18-9-5-4-6-10-18)24-25(31)27-22(28-29-24)16-19-13-14-20(32-2)21(15-19)33-3/h4-6,9-10,13-15,17H,7-8,11-12,16H2,1-3H3,(H,26,30)(H,27,28,31). The summed E-state index contributed by atoms with van der Waals surface area (Å²) in [5, 5.41) is 11.1. The Morgan fingerprint density at radius 1 is 1.00 bits per heavy atom. The maximum absolute atomic E-state index is 12.5. The number of nitrogens with zero attached hydrogens (tertiary/aromatic N) is 2. The fraction of sp³-hybridized carbons (Fsp3) is 0.360. The molecule has 0 spiro atoms. The first-order valence-electron chi connectivity index (χ1n) is 11.0. The molecule has 1 aromatic heterocycles. The Labute approximate surface area is 193 Å². The molecule has 0 aliphatic rings. The van der Waals surface area contributed by atoms with Gasteiger partial charge < -0.3 is 19.8 Å². The van der Waals surface area contributed by atoms with Crippen LogP contribution in [0.15, 0.2) is 53.3 Å². The van der Waals surface area contributed by atoms with Crippen LogP contribution < -0.4 is 20.3 Å². The Bertz CT molecular complexity index is 1110. The summed E-state index contributed by atoms with van der Waals surface area (Å²) < 4.78 is 10.6. The van der Waals surface area contributed by atoms with Crippen LogP contribution in [-0.2, 0) is 17.6 Å². The molecule has 3 rings (SSSR count). The van der Waals surface area contributed by atoms with E-state index in [9.17, 15) is 9.59 Å². The van der Waals surface area contributed by atoms with Crippen LogP contribution in [0.1, 0.15) is 54.9 Å². The third-order valence-electron chi connectivity index (χ3n) is 5.34. The second-order valence-corrected chi connectivity index (χ2v) is 7.83. The highest BCUT2D eigenvalue weighted by molar-refractivity contribution is 5.76. The number of nitrogens with one attached hydrogen (secondary N) is 2. The minimum absolute atomic E-state index is 0.105. The monoisotopic (exact) mass is 450 g/mol. The SMILES string of the molecule is COc1ccc(Cc2nnc(C(C)NC(=O)CCCCc3ccccc3)c(=O)[nH]2)cc1OC. The Hall–Kier alpha value is -3.68. The number of H-pyrrole nitrogens is 1. The predicted octanol–water partition coefficient (Wildman–Crippen LogP) is 3.36. The number of aromatic amines is 1. The number of benzene rings is 2. The van der Waals surface area contributed by atoms with E-state index in [4.69, 9.17) is 9.47 Å². The van der Waals surface area contributed by atoms with Crippen LogP contribution in [0.5, 0.6) is 11.5 Å². The number of hydrogen-bond acceptors (Lipinski definition) is 6. The molecule has 0 bridgehead atoms. The van der Waals surface area contributed by atoms with Crippen LogP contribution in [-0.4, -0.2) is 35.3 Å². The lowest BCUT2D eigenvalue weighted by Crippen LogP contribution is -2.32. The second kappa shape index (κ2) is 11.8. The van der Waals surface area contributed by atoms with Crippen LogP contribution in [0.2, 0.25) is 0 Å². The summed E-state index contributed by atoms with van der Waals surface area (Å²) in [7, 11) is 3.14. The van der Waals surface area contributed by atoms with Gasteiger partial charge in [0.25, 0.3) is 5.56 Å². The highest BCUT2D eigenvalue weighted by atomic mass is 16.5. The van der Waals surface area contributed by atoms with Gasteiger partial charge in [-0.1, -0.05) is 36.4 Å². The van der Waals surface area contributed by atoms with Gasteiger partial charge in [-0.15, -0.1) is 10.2 Å². The number of carbonyl (C=O) groups excluding carboxylic acids is 1. The summed E-state index contributed by atoms with van der Waals surface area (Å²) in [4.78, 5) is 27.6. The van der Waals surface area contributed by atoms with Crippen LogP contribution in [0.4, 0.5) is 0 Å². The molecule has 1 atom stereocenters. The van der Waals surface area contributed by atoms with Crippen molar-refractivity contribution in [2.45, 2.75) is 45.1 Å². The lowest BCUT2D eigenvalue weighted by atomic mass is 10.1. The van der Waals surface area contributed by atoms with E-state index in [1.807, 2.05) is 30.3 Å². The van der Waals surface area contributed by atoms with Crippen LogP contribution >= 0.6 is 0 Å². The van der Waals surface area contributed by atoms with Crippen molar-refractivity contribution >= 4 is 5.91 Å². The summed E-state index contributed by atoms with van der Waals surface area (Å²) >= 11 is 0. The van der Waals surface area contributed by atoms with Gasteiger partial charge in [0.15, 0.2) is 11.5 Å². The Morgan fingerprint density at radius 2 is 1.76 bits per heavy atom. The van der Waals surface area contributed by atoms with E-state index in [1.165, 1.54) is 5.56 Å². The molecule has 3 aromatic rings. The third-order valence-corrected chi connectivity index (χ3v) is 5.34. The molecule has 2 N–H and O–H groups in total. The molecule has 1 unspecified atom stereocenters. The Morgan fingerprint density at radius 3 is 2.45 bits per heavy atom. The molecule has 0 aliphatic heterocycles. The lowest BCUT2D eigenvalue weighted by Gasteiger charge is -2.13. The minimum Gasteiger partial charge on any atom is -0.493 e. The van der Waals surface area contributed by atoms with Crippen molar-refractivity contribution in [2.75, 3.05) is 14.2 Å². The Kier molecular flexibility index (Phi) is 8.57. The topological polar surface area (TPSA) is 106 Å². The predicted molar refractivity (Wildman–Crippen MR) is 126 cm³/mol. The number of aromatic nitrogens is 3. The van der Waals surface area contributed by atoms with Gasteiger partial charge in [-0.3, -0.25) is 9.59 Å². The first kappa shape index (κ1) is 24.0. The molecule has 0 radical (unpaired) electrons. The maximum atomic E-state index is 12.5. The van der Waals surface area contributed by atoms with Crippen molar-refractivity contribution in [1.82, 2.24) is 20.5 Å². The van der Waals surface area contributed by atoms with Crippen molar-refractivity contribution in [1.29, 1.82) is 0 Å². The molecule has 0 fully saturated rings. The number of ether oxygens (including phenoxy) is 2. The molecule has 174 valence electrons. The van der Waals surface area contributed by atoms with E-state index in [2.05, 4.69) is 32.6 Å². The summed E-state index contributed by atoms with van der Waals surface area (Å²) in [6.07, 6.45) is 3.43. The van der Waals surface area contributed by atoms with Gasteiger partial charge in [-0.25, -0.2) is 0 Å². The van der Waals surface area contributed by atoms with Crippen molar-refractivity contribution in [3.05, 3.63) is 81.5 Å². The fourth-order valence-corrected chi connectivity index (χ4v) is 3.57. The van der Waals surface area contributed by atoms with Crippen LogP contribution in [0.25, 0.3) is 0 Å². The molecule has 0 saturated heterocycles. The molecule has 0 aliphatic carbocycles. The normalized spacial score (nSPS) is 11.6. The average molecular weight is 451 g/mol. The van der Waals surface area contributed by atoms with Gasteiger partial charge in [0.2, 0.25) is 5.91 Å².